The molecule has 3 aromatic carbocycles. The van der Waals surface area contributed by atoms with E-state index in [2.05, 4.69) is 12.9 Å². The van der Waals surface area contributed by atoms with Crippen molar-refractivity contribution in [2.24, 2.45) is 5.92 Å². The number of esters is 1. The summed E-state index contributed by atoms with van der Waals surface area (Å²) < 4.78 is 37.2. The van der Waals surface area contributed by atoms with Crippen LogP contribution in [0, 0.1) is 17.6 Å². The molecule has 4 rings (SSSR count). The summed E-state index contributed by atoms with van der Waals surface area (Å²) in [6, 6.07) is 18.5. The van der Waals surface area contributed by atoms with E-state index in [4.69, 9.17) is 8.92 Å². The molecule has 8 heteroatoms. The predicted molar refractivity (Wildman–Crippen MR) is 126 cm³/mol. The molecule has 1 amide bonds. The molecule has 0 aromatic heterocycles. The molecule has 0 aliphatic carbocycles. The van der Waals surface area contributed by atoms with Gasteiger partial charge < -0.3 is 13.8 Å². The smallest absolute Gasteiger partial charge is 0.303 e. The van der Waals surface area contributed by atoms with E-state index in [-0.39, 0.29) is 29.5 Å². The summed E-state index contributed by atoms with van der Waals surface area (Å²) >= 11 is 3.81. The zero-order valence-corrected chi connectivity index (χ0v) is 19.3. The summed E-state index contributed by atoms with van der Waals surface area (Å²) in [6.45, 7) is 1.31. The summed E-state index contributed by atoms with van der Waals surface area (Å²) in [6.07, 6.45) is 0.209. The maximum absolute atomic E-state index is 13.5. The van der Waals surface area contributed by atoms with Crippen LogP contribution in [-0.4, -0.2) is 11.9 Å². The molecule has 34 heavy (non-hydrogen) atoms. The number of nitrogens with zero attached hydrogens (tertiary/aromatic N) is 1. The number of amides is 1. The van der Waals surface area contributed by atoms with Crippen molar-refractivity contribution >= 4 is 30.5 Å². The van der Waals surface area contributed by atoms with Crippen molar-refractivity contribution in [1.29, 1.82) is 0 Å². The van der Waals surface area contributed by atoms with Gasteiger partial charge in [-0.3, -0.25) is 9.59 Å². The van der Waals surface area contributed by atoms with Crippen LogP contribution in [0.1, 0.15) is 43.0 Å². The Balaban J connectivity index is 1.59. The average Bonchev–Trinajstić information content (AvgIpc) is 2.83. The number of carbonyl (C=O) groups excluding carboxylic acids is 2. The van der Waals surface area contributed by atoms with Crippen LogP contribution in [-0.2, 0) is 14.3 Å². The molecule has 3 unspecified atom stereocenters. The lowest BCUT2D eigenvalue weighted by atomic mass is 9.78. The van der Waals surface area contributed by atoms with Crippen LogP contribution in [0.25, 0.3) is 0 Å². The molecule has 0 radical (unpaired) electrons. The fourth-order valence-electron chi connectivity index (χ4n) is 4.33. The first kappa shape index (κ1) is 23.8. The van der Waals surface area contributed by atoms with Gasteiger partial charge in [0, 0.05) is 25.5 Å². The second-order valence-electron chi connectivity index (χ2n) is 8.12. The van der Waals surface area contributed by atoms with Crippen molar-refractivity contribution in [2.45, 2.75) is 31.9 Å². The summed E-state index contributed by atoms with van der Waals surface area (Å²) in [5.74, 6) is -1.15. The van der Waals surface area contributed by atoms with Crippen LogP contribution in [0.15, 0.2) is 72.8 Å². The summed E-state index contributed by atoms with van der Waals surface area (Å²) in [5, 5.41) is 0. The van der Waals surface area contributed by atoms with E-state index in [0.717, 1.165) is 5.56 Å². The number of hydrogen-bond acceptors (Lipinski definition) is 5. The van der Waals surface area contributed by atoms with E-state index in [1.54, 1.807) is 41.3 Å². The Morgan fingerprint density at radius 1 is 0.971 bits per heavy atom. The molecule has 5 nitrogen and oxygen atoms in total. The highest BCUT2D eigenvalue weighted by Crippen LogP contribution is 2.46. The van der Waals surface area contributed by atoms with Gasteiger partial charge in [0.15, 0.2) is 0 Å². The van der Waals surface area contributed by atoms with Gasteiger partial charge in [-0.15, -0.1) is 0 Å². The number of anilines is 1. The zero-order valence-electron chi connectivity index (χ0n) is 18.4. The topological polar surface area (TPSA) is 55.8 Å². The lowest BCUT2D eigenvalue weighted by molar-refractivity contribution is -0.147. The van der Waals surface area contributed by atoms with Gasteiger partial charge in [0.25, 0.3) is 0 Å². The van der Waals surface area contributed by atoms with Crippen LogP contribution < -0.4 is 9.08 Å². The maximum Gasteiger partial charge on any atom is 0.303 e. The summed E-state index contributed by atoms with van der Waals surface area (Å²) in [7, 11) is 0. The Morgan fingerprint density at radius 3 is 2.12 bits per heavy atom. The third kappa shape index (κ3) is 5.07. The first-order valence-corrected chi connectivity index (χ1v) is 11.2. The van der Waals surface area contributed by atoms with Crippen molar-refractivity contribution in [3.63, 3.8) is 0 Å². The van der Waals surface area contributed by atoms with Crippen LogP contribution in [0.4, 0.5) is 14.5 Å². The fraction of sp³-hybridized carbons (Fsp3) is 0.231. The lowest BCUT2D eigenvalue weighted by Gasteiger charge is -2.48. The minimum Gasteiger partial charge on any atom is -0.458 e. The van der Waals surface area contributed by atoms with E-state index < -0.39 is 12.1 Å². The second-order valence-corrected chi connectivity index (χ2v) is 8.31. The number of β-lactam (4-membered cyclic amide) rings is 1. The molecule has 0 bridgehead atoms. The third-order valence-electron chi connectivity index (χ3n) is 5.94. The normalized spacial score (nSPS) is 18.2. The number of thiol groups is 1. The molecular weight excluding hydrogens is 460 g/mol. The van der Waals surface area contributed by atoms with Gasteiger partial charge in [-0.1, -0.05) is 24.3 Å². The summed E-state index contributed by atoms with van der Waals surface area (Å²) in [5.41, 5.74) is 2.14. The van der Waals surface area contributed by atoms with Gasteiger partial charge >= 0.3 is 5.97 Å². The average molecular weight is 484 g/mol. The highest BCUT2D eigenvalue weighted by Gasteiger charge is 2.48. The lowest BCUT2D eigenvalue weighted by Crippen LogP contribution is -2.55. The first-order chi connectivity index (χ1) is 16.4. The Hall–Kier alpha value is -3.39. The number of halogens is 2. The minimum absolute atomic E-state index is 0.105. The molecule has 1 saturated heterocycles. The molecule has 3 aromatic rings. The van der Waals surface area contributed by atoms with Crippen molar-refractivity contribution in [3.8, 4) is 5.75 Å². The van der Waals surface area contributed by atoms with Crippen LogP contribution >= 0.6 is 12.9 Å². The van der Waals surface area contributed by atoms with Gasteiger partial charge in [-0.05, 0) is 72.5 Å². The van der Waals surface area contributed by atoms with Gasteiger partial charge in [0.2, 0.25) is 5.91 Å². The number of hydrogen-bond donors (Lipinski definition) is 1. The molecule has 1 aliphatic heterocycles. The molecule has 1 fully saturated rings. The Labute approximate surface area is 201 Å². The Morgan fingerprint density at radius 2 is 1.56 bits per heavy atom. The van der Waals surface area contributed by atoms with E-state index in [9.17, 15) is 18.4 Å². The Bertz CT molecular complexity index is 1150. The standard InChI is InChI=1S/C26H23F2NO4S/c1-16(30)32-24(17-2-6-19(27)7-3-17)15-14-23-25(18-4-12-22(33-34)13-5-18)29(26(23)31)21-10-8-20(28)9-11-21/h2-13,23-25,34H,14-15H2,1H3. The largest absolute Gasteiger partial charge is 0.458 e. The highest BCUT2D eigenvalue weighted by atomic mass is 32.1. The maximum atomic E-state index is 13.5. The van der Waals surface area contributed by atoms with Crippen molar-refractivity contribution < 1.29 is 27.3 Å². The highest BCUT2D eigenvalue weighted by molar-refractivity contribution is 7.75. The first-order valence-electron chi connectivity index (χ1n) is 10.8. The van der Waals surface area contributed by atoms with E-state index >= 15 is 0 Å². The molecule has 1 heterocycles. The fourth-order valence-corrected chi connectivity index (χ4v) is 4.45. The van der Waals surface area contributed by atoms with Gasteiger partial charge in [-0.2, -0.15) is 0 Å². The zero-order chi connectivity index (χ0) is 24.2. The Kier molecular flexibility index (Phi) is 7.17. The van der Waals surface area contributed by atoms with E-state index in [1.807, 2.05) is 12.1 Å². The van der Waals surface area contributed by atoms with Gasteiger partial charge in [0.05, 0.1) is 12.0 Å². The van der Waals surface area contributed by atoms with Crippen molar-refractivity contribution in [1.82, 2.24) is 0 Å². The van der Waals surface area contributed by atoms with Crippen LogP contribution in [0.3, 0.4) is 0 Å². The number of carbonyl (C=O) groups is 2. The monoisotopic (exact) mass is 483 g/mol. The molecule has 176 valence electrons. The predicted octanol–water partition coefficient (Wildman–Crippen LogP) is 5.98. The second kappa shape index (κ2) is 10.3. The van der Waals surface area contributed by atoms with Crippen molar-refractivity contribution in [3.05, 3.63) is 95.6 Å². The minimum atomic E-state index is -0.605. The van der Waals surface area contributed by atoms with Crippen molar-refractivity contribution in [2.75, 3.05) is 4.90 Å². The van der Waals surface area contributed by atoms with Gasteiger partial charge in [-0.25, -0.2) is 8.78 Å². The molecule has 0 saturated carbocycles. The molecule has 1 aliphatic rings. The summed E-state index contributed by atoms with van der Waals surface area (Å²) in [4.78, 5) is 26.5. The molecule has 0 N–H and O–H groups in total. The number of benzene rings is 3. The quantitative estimate of drug-likeness (QED) is 0.185. The third-order valence-corrected chi connectivity index (χ3v) is 6.15. The molecular formula is C26H23F2NO4S. The van der Waals surface area contributed by atoms with Gasteiger partial charge in [0.1, 0.15) is 23.5 Å². The van der Waals surface area contributed by atoms with Crippen LogP contribution in [0.5, 0.6) is 5.75 Å². The van der Waals surface area contributed by atoms with E-state index in [1.165, 1.54) is 31.2 Å². The van der Waals surface area contributed by atoms with E-state index in [0.29, 0.717) is 29.8 Å². The molecule has 3 atom stereocenters. The SMILES string of the molecule is CC(=O)OC(CCC1C(=O)N(c2ccc(F)cc2)C1c1ccc(OS)cc1)c1ccc(F)cc1. The van der Waals surface area contributed by atoms with Crippen LogP contribution in [0.2, 0.25) is 0 Å². The number of ether oxygens (including phenoxy) is 1. The molecule has 0 spiro atoms. The number of rotatable bonds is 8.